The molecule has 4 aliphatic heterocycles. The Hall–Kier alpha value is -1.32. The molecule has 24 atom stereocenters. The maximum atomic E-state index is 11.6. The lowest BCUT2D eigenvalue weighted by Gasteiger charge is -2.58. The summed E-state index contributed by atoms with van der Waals surface area (Å²) in [7, 11) is 0. The molecular formula is C45H72O16. The minimum absolute atomic E-state index is 0.0400. The van der Waals surface area contributed by atoms with Gasteiger partial charge in [-0.25, -0.2) is 0 Å². The van der Waals surface area contributed by atoms with Gasteiger partial charge in [-0.15, -0.1) is 0 Å². The van der Waals surface area contributed by atoms with E-state index in [0.29, 0.717) is 36.5 Å². The molecule has 0 aromatic heterocycles. The fourth-order valence-corrected chi connectivity index (χ4v) is 13.0. The molecule has 16 nitrogen and oxygen atoms in total. The number of rotatable bonds is 11. The third-order valence-corrected chi connectivity index (χ3v) is 16.8. The van der Waals surface area contributed by atoms with E-state index in [-0.39, 0.29) is 35.6 Å². The second-order valence-corrected chi connectivity index (χ2v) is 20.4. The van der Waals surface area contributed by atoms with Crippen molar-refractivity contribution in [1.29, 1.82) is 0 Å². The number of aliphatic hydroxyl groups is 9. The van der Waals surface area contributed by atoms with Crippen molar-refractivity contribution in [3.05, 3.63) is 23.0 Å². The van der Waals surface area contributed by atoms with Gasteiger partial charge in [0.15, 0.2) is 18.9 Å². The van der Waals surface area contributed by atoms with E-state index in [1.165, 1.54) is 25.0 Å². The van der Waals surface area contributed by atoms with Crippen molar-refractivity contribution in [1.82, 2.24) is 0 Å². The topological polar surface area (TPSA) is 247 Å². The van der Waals surface area contributed by atoms with Gasteiger partial charge in [-0.2, -0.15) is 0 Å². The zero-order valence-electron chi connectivity index (χ0n) is 36.4. The van der Waals surface area contributed by atoms with Gasteiger partial charge in [0.25, 0.3) is 0 Å². The molecule has 0 radical (unpaired) electrons. The second-order valence-electron chi connectivity index (χ2n) is 20.4. The molecular weight excluding hydrogens is 796 g/mol. The van der Waals surface area contributed by atoms with Gasteiger partial charge in [0.1, 0.15) is 67.1 Å². The molecule has 3 saturated heterocycles. The van der Waals surface area contributed by atoms with E-state index in [1.807, 2.05) is 0 Å². The molecule has 0 bridgehead atoms. The van der Waals surface area contributed by atoms with Crippen LogP contribution < -0.4 is 0 Å². The fraction of sp³-hybridized carbons (Fsp3) is 0.911. The minimum Gasteiger partial charge on any atom is -0.494 e. The first-order valence-electron chi connectivity index (χ1n) is 22.9. The van der Waals surface area contributed by atoms with Gasteiger partial charge >= 0.3 is 0 Å². The summed E-state index contributed by atoms with van der Waals surface area (Å²) >= 11 is 0. The lowest BCUT2D eigenvalue weighted by atomic mass is 9.47. The van der Waals surface area contributed by atoms with E-state index in [2.05, 4.69) is 33.8 Å². The molecule has 3 saturated carbocycles. The van der Waals surface area contributed by atoms with E-state index in [1.54, 1.807) is 0 Å². The fourth-order valence-electron chi connectivity index (χ4n) is 13.0. The first-order chi connectivity index (χ1) is 28.9. The Bertz CT molecular complexity index is 1610. The third kappa shape index (κ3) is 8.09. The summed E-state index contributed by atoms with van der Waals surface area (Å²) in [6.07, 6.45) is -11.2. The zero-order valence-corrected chi connectivity index (χ0v) is 36.4. The number of hydrogen-bond acceptors (Lipinski definition) is 16. The Morgan fingerprint density at radius 2 is 1.39 bits per heavy atom. The molecule has 8 rings (SSSR count). The van der Waals surface area contributed by atoms with Crippen LogP contribution in [0.3, 0.4) is 0 Å². The predicted octanol–water partition coefficient (Wildman–Crippen LogP) is 1.15. The van der Waals surface area contributed by atoms with E-state index < -0.39 is 98.7 Å². The Kier molecular flexibility index (Phi) is 13.5. The van der Waals surface area contributed by atoms with Crippen LogP contribution in [-0.2, 0) is 33.2 Å². The molecule has 348 valence electrons. The van der Waals surface area contributed by atoms with Crippen molar-refractivity contribution in [3.63, 3.8) is 0 Å². The highest BCUT2D eigenvalue weighted by molar-refractivity contribution is 5.30. The maximum absolute atomic E-state index is 11.6. The van der Waals surface area contributed by atoms with E-state index in [0.717, 1.165) is 50.7 Å². The van der Waals surface area contributed by atoms with Gasteiger partial charge in [0.2, 0.25) is 0 Å². The van der Waals surface area contributed by atoms with Crippen LogP contribution in [0, 0.1) is 40.4 Å². The van der Waals surface area contributed by atoms with Crippen LogP contribution in [0.5, 0.6) is 0 Å². The molecule has 0 aromatic rings. The highest BCUT2D eigenvalue weighted by atomic mass is 16.8. The van der Waals surface area contributed by atoms with Gasteiger partial charge in [-0.05, 0) is 112 Å². The first kappa shape index (κ1) is 46.2. The molecule has 9 N–H and O–H groups in total. The number of ether oxygens (including phenoxy) is 7. The SMILES string of the molecule is CC1=C(CC[C@H](C)CO)O[C@@H]2C[C@@H]3[C@H]4CC=C5C[C@@H](O[C@H]6O[C@H](CO)[C@@H](O)[C@H](O[C@H]7O[C@H](C)[C@H](O)[C@H](O)[C@@H]7O)[C@@H]6O[C@H]6O[C@H](C)[C@@H](O)[C@@H](O)[C@@H]6O)CC[C@@]5(C)[C@H]4CC[C@@]3(C)[C@H]12. The summed E-state index contributed by atoms with van der Waals surface area (Å²) in [4.78, 5) is 0. The Labute approximate surface area is 358 Å². The average Bonchev–Trinajstić information content (AvgIpc) is 3.73. The monoisotopic (exact) mass is 868 g/mol. The first-order valence-corrected chi connectivity index (χ1v) is 22.9. The summed E-state index contributed by atoms with van der Waals surface area (Å²) < 4.78 is 43.6. The van der Waals surface area contributed by atoms with Gasteiger partial charge in [-0.3, -0.25) is 0 Å². The van der Waals surface area contributed by atoms with Crippen LogP contribution in [0.4, 0.5) is 0 Å². The molecule has 4 heterocycles. The molecule has 61 heavy (non-hydrogen) atoms. The standard InChI is InChI=1S/C45H72O16/c1-19(17-46)7-10-28-20(2)31-29(58-28)16-27-25-9-8-23-15-24(11-13-44(23,5)26(25)12-14-45(27,31)6)57-43-40(61-42-38(54)36(52)33(49)22(4)56-42)39(34(50)30(18-47)59-43)60-41-37(53)35(51)32(48)21(3)55-41/h8,19,21-22,24-27,29-43,46-54H,7,9-18H2,1-6H3/t19-,21+,22+,24-,25-,26-,27+,29+,30+,31+,32-,33+,34+,35-,36+,37-,38-,39-,40-,41+,42+,43-,44+,45+/m0/s1. The lowest BCUT2D eigenvalue weighted by molar-refractivity contribution is -0.393. The number of aliphatic hydroxyl groups excluding tert-OH is 9. The Morgan fingerprint density at radius 1 is 0.754 bits per heavy atom. The average molecular weight is 869 g/mol. The van der Waals surface area contributed by atoms with Crippen molar-refractivity contribution < 1.29 is 79.1 Å². The van der Waals surface area contributed by atoms with Crippen LogP contribution in [0.15, 0.2) is 23.0 Å². The molecule has 16 heteroatoms. The normalized spacial score (nSPS) is 52.7. The summed E-state index contributed by atoms with van der Waals surface area (Å²) in [5, 5.41) is 95.4. The predicted molar refractivity (Wildman–Crippen MR) is 215 cm³/mol. The number of allylic oxidation sites excluding steroid dienone is 2. The van der Waals surface area contributed by atoms with Crippen LogP contribution >= 0.6 is 0 Å². The third-order valence-electron chi connectivity index (χ3n) is 16.8. The van der Waals surface area contributed by atoms with E-state index in [9.17, 15) is 46.0 Å². The minimum atomic E-state index is -1.74. The van der Waals surface area contributed by atoms with Crippen molar-refractivity contribution in [2.24, 2.45) is 40.4 Å². The Balaban J connectivity index is 1.01. The smallest absolute Gasteiger partial charge is 0.187 e. The van der Waals surface area contributed by atoms with Crippen molar-refractivity contribution in [2.45, 2.75) is 204 Å². The summed E-state index contributed by atoms with van der Waals surface area (Å²) in [5.41, 5.74) is 2.86. The largest absolute Gasteiger partial charge is 0.494 e. The van der Waals surface area contributed by atoms with Crippen LogP contribution in [0.25, 0.3) is 0 Å². The number of hydrogen-bond donors (Lipinski definition) is 9. The number of fused-ring (bicyclic) bond motifs is 7. The quantitative estimate of drug-likeness (QED) is 0.132. The van der Waals surface area contributed by atoms with Gasteiger partial charge in [-0.1, -0.05) is 32.4 Å². The van der Waals surface area contributed by atoms with E-state index in [4.69, 9.17) is 33.2 Å². The molecule has 8 aliphatic rings. The summed E-state index contributed by atoms with van der Waals surface area (Å²) in [6, 6.07) is 0. The highest BCUT2D eigenvalue weighted by Gasteiger charge is 2.64. The zero-order chi connectivity index (χ0) is 43.9. The molecule has 0 aromatic carbocycles. The van der Waals surface area contributed by atoms with Gasteiger partial charge < -0.3 is 79.1 Å². The summed E-state index contributed by atoms with van der Waals surface area (Å²) in [6.45, 7) is 11.8. The van der Waals surface area contributed by atoms with Crippen LogP contribution in [0.2, 0.25) is 0 Å². The Morgan fingerprint density at radius 3 is 2.02 bits per heavy atom. The molecule has 6 fully saturated rings. The summed E-state index contributed by atoms with van der Waals surface area (Å²) in [5.74, 6) is 3.39. The van der Waals surface area contributed by atoms with Crippen molar-refractivity contribution >= 4 is 0 Å². The highest BCUT2D eigenvalue weighted by Crippen LogP contribution is 2.69. The van der Waals surface area contributed by atoms with Crippen LogP contribution in [0.1, 0.15) is 99.3 Å². The lowest BCUT2D eigenvalue weighted by Crippen LogP contribution is -2.67. The molecule has 0 spiro atoms. The molecule has 4 aliphatic carbocycles. The molecule has 0 unspecified atom stereocenters. The van der Waals surface area contributed by atoms with E-state index >= 15 is 0 Å². The second kappa shape index (κ2) is 17.8. The van der Waals surface area contributed by atoms with Gasteiger partial charge in [0, 0.05) is 18.9 Å². The van der Waals surface area contributed by atoms with Crippen molar-refractivity contribution in [3.8, 4) is 0 Å². The van der Waals surface area contributed by atoms with Gasteiger partial charge in [0.05, 0.1) is 30.7 Å². The molecule has 0 amide bonds. The maximum Gasteiger partial charge on any atom is 0.187 e. The van der Waals surface area contributed by atoms with Crippen LogP contribution in [-0.4, -0.2) is 163 Å². The van der Waals surface area contributed by atoms with Crippen molar-refractivity contribution in [2.75, 3.05) is 13.2 Å².